The summed E-state index contributed by atoms with van der Waals surface area (Å²) in [5.74, 6) is -0.0499. The molecule has 2 heterocycles. The maximum atomic E-state index is 9.98. The highest BCUT2D eigenvalue weighted by molar-refractivity contribution is 6.42. The molecule has 0 atom stereocenters. The van der Waals surface area contributed by atoms with Gasteiger partial charge in [-0.2, -0.15) is 0 Å². The van der Waals surface area contributed by atoms with Crippen LogP contribution in [0.5, 0.6) is 11.8 Å². The van der Waals surface area contributed by atoms with E-state index in [1.807, 2.05) is 12.1 Å². The SMILES string of the molecule is Cn1c(O)cc(-c2cccc3c2C(=N)C=N3)c1O. The van der Waals surface area contributed by atoms with Gasteiger partial charge in [-0.15, -0.1) is 0 Å². The smallest absolute Gasteiger partial charge is 0.201 e. The quantitative estimate of drug-likeness (QED) is 0.715. The molecule has 5 nitrogen and oxygen atoms in total. The first-order chi connectivity index (χ1) is 8.59. The Morgan fingerprint density at radius 1 is 1.22 bits per heavy atom. The van der Waals surface area contributed by atoms with Crippen molar-refractivity contribution in [1.82, 2.24) is 4.57 Å². The molecule has 0 saturated heterocycles. The summed E-state index contributed by atoms with van der Waals surface area (Å²) in [6.45, 7) is 0. The lowest BCUT2D eigenvalue weighted by atomic mass is 9.98. The van der Waals surface area contributed by atoms with Crippen molar-refractivity contribution in [2.75, 3.05) is 0 Å². The monoisotopic (exact) mass is 241 g/mol. The molecule has 1 aromatic heterocycles. The first-order valence-electron chi connectivity index (χ1n) is 5.43. The summed E-state index contributed by atoms with van der Waals surface area (Å²) in [5.41, 5.74) is 2.90. The normalized spacial score (nSPS) is 13.1. The summed E-state index contributed by atoms with van der Waals surface area (Å²) < 4.78 is 1.29. The predicted molar refractivity (Wildman–Crippen MR) is 69.2 cm³/mol. The van der Waals surface area contributed by atoms with Crippen molar-refractivity contribution in [3.63, 3.8) is 0 Å². The second kappa shape index (κ2) is 3.46. The van der Waals surface area contributed by atoms with Crippen molar-refractivity contribution >= 4 is 17.6 Å². The van der Waals surface area contributed by atoms with Crippen molar-refractivity contribution in [1.29, 1.82) is 5.41 Å². The van der Waals surface area contributed by atoms with Crippen molar-refractivity contribution < 1.29 is 10.2 Å². The zero-order chi connectivity index (χ0) is 12.9. The molecule has 5 heteroatoms. The Bertz CT molecular complexity index is 699. The fraction of sp³-hybridized carbons (Fsp3) is 0.0769. The fourth-order valence-electron chi connectivity index (χ4n) is 2.13. The third kappa shape index (κ3) is 1.27. The van der Waals surface area contributed by atoms with Gasteiger partial charge >= 0.3 is 0 Å². The molecule has 1 aromatic carbocycles. The second-order valence-corrected chi connectivity index (χ2v) is 4.17. The van der Waals surface area contributed by atoms with Crippen LogP contribution >= 0.6 is 0 Å². The molecule has 0 radical (unpaired) electrons. The molecule has 0 saturated carbocycles. The molecule has 0 aliphatic carbocycles. The van der Waals surface area contributed by atoms with Crippen molar-refractivity contribution in [2.45, 2.75) is 0 Å². The molecule has 0 fully saturated rings. The molecule has 0 bridgehead atoms. The number of aromatic nitrogens is 1. The summed E-state index contributed by atoms with van der Waals surface area (Å²) in [5, 5.41) is 27.4. The Morgan fingerprint density at radius 3 is 2.67 bits per heavy atom. The molecule has 2 aromatic rings. The van der Waals surface area contributed by atoms with Crippen LogP contribution in [0.15, 0.2) is 29.3 Å². The van der Waals surface area contributed by atoms with E-state index < -0.39 is 0 Å². The molecule has 0 spiro atoms. The molecule has 3 rings (SSSR count). The standard InChI is InChI=1S/C13H11N3O2/c1-16-11(17)5-8(13(16)18)7-3-2-4-10-12(7)9(14)6-15-10/h2-6,14,17-18H,1H3. The van der Waals surface area contributed by atoms with Crippen LogP contribution in [0.1, 0.15) is 5.56 Å². The van der Waals surface area contributed by atoms with Gasteiger partial charge in [0.15, 0.2) is 5.88 Å². The molecule has 0 unspecified atom stereocenters. The van der Waals surface area contributed by atoms with Crippen molar-refractivity contribution in [3.05, 3.63) is 29.8 Å². The van der Waals surface area contributed by atoms with Crippen LogP contribution in [-0.2, 0) is 7.05 Å². The van der Waals surface area contributed by atoms with Gasteiger partial charge in [-0.05, 0) is 11.6 Å². The van der Waals surface area contributed by atoms with Crippen LogP contribution in [0.2, 0.25) is 0 Å². The molecular formula is C13H11N3O2. The summed E-state index contributed by atoms with van der Waals surface area (Å²) in [6.07, 6.45) is 1.48. The van der Waals surface area contributed by atoms with Crippen LogP contribution in [-0.4, -0.2) is 26.7 Å². The highest BCUT2D eigenvalue weighted by Gasteiger charge is 2.21. The van der Waals surface area contributed by atoms with E-state index in [-0.39, 0.29) is 11.8 Å². The minimum atomic E-state index is -0.0272. The van der Waals surface area contributed by atoms with Crippen LogP contribution in [0.3, 0.4) is 0 Å². The largest absolute Gasteiger partial charge is 0.494 e. The summed E-state index contributed by atoms with van der Waals surface area (Å²) >= 11 is 0. The van der Waals surface area contributed by atoms with Crippen LogP contribution in [0.4, 0.5) is 5.69 Å². The predicted octanol–water partition coefficient (Wildman–Crippen LogP) is 2.19. The zero-order valence-corrected chi connectivity index (χ0v) is 9.68. The second-order valence-electron chi connectivity index (χ2n) is 4.17. The number of nitrogens with one attached hydrogen (secondary N) is 1. The number of rotatable bonds is 1. The van der Waals surface area contributed by atoms with E-state index in [1.54, 1.807) is 13.1 Å². The summed E-state index contributed by atoms with van der Waals surface area (Å²) in [7, 11) is 1.57. The molecule has 0 amide bonds. The average Bonchev–Trinajstić information content (AvgIpc) is 2.86. The minimum Gasteiger partial charge on any atom is -0.494 e. The molecule has 1 aliphatic rings. The first kappa shape index (κ1) is 10.6. The summed E-state index contributed by atoms with van der Waals surface area (Å²) in [6, 6.07) is 6.91. The van der Waals surface area contributed by atoms with E-state index in [1.165, 1.54) is 16.8 Å². The maximum absolute atomic E-state index is 9.98. The molecule has 1 aliphatic heterocycles. The van der Waals surface area contributed by atoms with Crippen LogP contribution in [0, 0.1) is 5.41 Å². The van der Waals surface area contributed by atoms with E-state index in [0.717, 1.165) is 0 Å². The van der Waals surface area contributed by atoms with Gasteiger partial charge in [0.05, 0.1) is 17.6 Å². The number of aliphatic imine (C=N–C) groups is 1. The Hall–Kier alpha value is -2.56. The first-order valence-corrected chi connectivity index (χ1v) is 5.43. The van der Waals surface area contributed by atoms with Gasteiger partial charge in [0.1, 0.15) is 0 Å². The van der Waals surface area contributed by atoms with Crippen LogP contribution < -0.4 is 0 Å². The van der Waals surface area contributed by atoms with Gasteiger partial charge in [0, 0.05) is 24.2 Å². The van der Waals surface area contributed by atoms with E-state index in [9.17, 15) is 10.2 Å². The van der Waals surface area contributed by atoms with E-state index in [0.29, 0.717) is 28.1 Å². The fourth-order valence-corrected chi connectivity index (χ4v) is 2.13. The zero-order valence-electron chi connectivity index (χ0n) is 9.68. The van der Waals surface area contributed by atoms with Gasteiger partial charge in [-0.25, -0.2) is 0 Å². The Balaban J connectivity index is 2.29. The maximum Gasteiger partial charge on any atom is 0.201 e. The number of aromatic hydroxyl groups is 2. The number of benzene rings is 1. The number of nitrogens with zero attached hydrogens (tertiary/aromatic N) is 2. The van der Waals surface area contributed by atoms with E-state index >= 15 is 0 Å². The topological polar surface area (TPSA) is 81.6 Å². The highest BCUT2D eigenvalue weighted by Crippen LogP contribution is 2.40. The lowest BCUT2D eigenvalue weighted by Crippen LogP contribution is -1.97. The van der Waals surface area contributed by atoms with Gasteiger partial charge in [0.2, 0.25) is 5.88 Å². The lowest BCUT2D eigenvalue weighted by Gasteiger charge is -2.06. The third-order valence-electron chi connectivity index (χ3n) is 3.11. The third-order valence-corrected chi connectivity index (χ3v) is 3.11. The van der Waals surface area contributed by atoms with Crippen molar-refractivity contribution in [2.24, 2.45) is 12.0 Å². The van der Waals surface area contributed by atoms with E-state index in [2.05, 4.69) is 4.99 Å². The van der Waals surface area contributed by atoms with Gasteiger partial charge in [-0.1, -0.05) is 12.1 Å². The summed E-state index contributed by atoms with van der Waals surface area (Å²) in [4.78, 5) is 4.12. The average molecular weight is 241 g/mol. The Kier molecular flexibility index (Phi) is 2.04. The number of fused-ring (bicyclic) bond motifs is 1. The Morgan fingerprint density at radius 2 is 2.00 bits per heavy atom. The molecule has 90 valence electrons. The molecular weight excluding hydrogens is 230 g/mol. The van der Waals surface area contributed by atoms with E-state index in [4.69, 9.17) is 5.41 Å². The number of hydrogen-bond acceptors (Lipinski definition) is 4. The van der Waals surface area contributed by atoms with Gasteiger partial charge < -0.3 is 10.2 Å². The van der Waals surface area contributed by atoms with Crippen molar-refractivity contribution in [3.8, 4) is 22.9 Å². The Labute approximate surface area is 103 Å². The molecule has 18 heavy (non-hydrogen) atoms. The van der Waals surface area contributed by atoms with Crippen LogP contribution in [0.25, 0.3) is 11.1 Å². The van der Waals surface area contributed by atoms with Gasteiger partial charge in [0.25, 0.3) is 0 Å². The lowest BCUT2D eigenvalue weighted by molar-refractivity contribution is 0.387. The molecule has 3 N–H and O–H groups in total. The number of hydrogen-bond donors (Lipinski definition) is 3. The van der Waals surface area contributed by atoms with Gasteiger partial charge in [-0.3, -0.25) is 15.0 Å². The minimum absolute atomic E-state index is 0.0226. The highest BCUT2D eigenvalue weighted by atomic mass is 16.3.